The molecule has 2 N–H and O–H groups in total. The summed E-state index contributed by atoms with van der Waals surface area (Å²) in [7, 11) is 0. The maximum atomic E-state index is 14.3. The fraction of sp³-hybridized carbons (Fsp3) is 0.318. The monoisotopic (exact) mass is 495 g/mol. The number of carbonyl (C=O) groups is 3. The summed E-state index contributed by atoms with van der Waals surface area (Å²) in [6.07, 6.45) is 2.33. The molecule has 0 aliphatic heterocycles. The van der Waals surface area contributed by atoms with E-state index in [0.717, 1.165) is 17.3 Å². The Morgan fingerprint density at radius 2 is 1.70 bits per heavy atom. The summed E-state index contributed by atoms with van der Waals surface area (Å²) in [5.41, 5.74) is 0.213. The third kappa shape index (κ3) is 4.90. The number of Topliss-reactive ketones (excluding diaryl/α,β-unsaturated/α-hetero) is 1. The van der Waals surface area contributed by atoms with Crippen LogP contribution in [0.4, 0.5) is 4.39 Å². The molecule has 2 aromatic rings. The Bertz CT molecular complexity index is 966. The van der Waals surface area contributed by atoms with Gasteiger partial charge in [0.1, 0.15) is 6.04 Å². The van der Waals surface area contributed by atoms with E-state index < -0.39 is 35.6 Å². The van der Waals surface area contributed by atoms with E-state index in [9.17, 15) is 23.9 Å². The van der Waals surface area contributed by atoms with Gasteiger partial charge in [0.05, 0.1) is 16.5 Å². The first-order valence-electron chi connectivity index (χ1n) is 9.56. The summed E-state index contributed by atoms with van der Waals surface area (Å²) in [6.45, 7) is 0. The van der Waals surface area contributed by atoms with Crippen molar-refractivity contribution in [1.29, 1.82) is 0 Å². The van der Waals surface area contributed by atoms with E-state index in [1.807, 2.05) is 0 Å². The molecule has 1 aliphatic rings. The predicted octanol–water partition coefficient (Wildman–Crippen LogP) is 5.17. The fourth-order valence-electron chi connectivity index (χ4n) is 3.84. The molecule has 158 valence electrons. The summed E-state index contributed by atoms with van der Waals surface area (Å²) in [4.78, 5) is 37.9. The molecular weight excluding hydrogens is 477 g/mol. The van der Waals surface area contributed by atoms with Crippen LogP contribution in [0.2, 0.25) is 5.02 Å². The minimum absolute atomic E-state index is 0.201. The van der Waals surface area contributed by atoms with Crippen molar-refractivity contribution in [1.82, 2.24) is 5.32 Å². The predicted molar refractivity (Wildman–Crippen MR) is 114 cm³/mol. The summed E-state index contributed by atoms with van der Waals surface area (Å²) in [5, 5.41) is 12.0. The van der Waals surface area contributed by atoms with Crippen molar-refractivity contribution in [2.24, 2.45) is 11.8 Å². The normalized spacial score (nSPS) is 19.7. The number of halogens is 3. The molecule has 0 radical (unpaired) electrons. The summed E-state index contributed by atoms with van der Waals surface area (Å²) in [6, 6.07) is 9.71. The number of benzene rings is 2. The van der Waals surface area contributed by atoms with E-state index in [0.29, 0.717) is 18.4 Å². The Hall–Kier alpha value is -2.25. The summed E-state index contributed by atoms with van der Waals surface area (Å²) < 4.78 is 15.1. The first-order valence-corrected chi connectivity index (χ1v) is 10.7. The number of ketones is 1. The van der Waals surface area contributed by atoms with Gasteiger partial charge < -0.3 is 10.4 Å². The average molecular weight is 497 g/mol. The molecule has 1 saturated carbocycles. The quantitative estimate of drug-likeness (QED) is 0.578. The first-order chi connectivity index (χ1) is 14.3. The third-order valence-electron chi connectivity index (χ3n) is 5.41. The molecule has 0 saturated heterocycles. The van der Waals surface area contributed by atoms with Gasteiger partial charge in [-0.25, -0.2) is 4.39 Å². The van der Waals surface area contributed by atoms with Crippen molar-refractivity contribution in [3.8, 4) is 0 Å². The van der Waals surface area contributed by atoms with Crippen LogP contribution in [0.15, 0.2) is 46.9 Å². The van der Waals surface area contributed by atoms with E-state index >= 15 is 0 Å². The molecule has 0 heterocycles. The molecule has 8 heteroatoms. The van der Waals surface area contributed by atoms with E-state index in [-0.39, 0.29) is 16.4 Å². The highest BCUT2D eigenvalue weighted by molar-refractivity contribution is 9.10. The van der Waals surface area contributed by atoms with Crippen LogP contribution in [0.3, 0.4) is 0 Å². The second-order valence-corrected chi connectivity index (χ2v) is 8.62. The fourth-order valence-corrected chi connectivity index (χ4v) is 4.28. The average Bonchev–Trinajstić information content (AvgIpc) is 2.74. The minimum atomic E-state index is -1.10. The lowest BCUT2D eigenvalue weighted by Crippen LogP contribution is -2.42. The zero-order valence-electron chi connectivity index (χ0n) is 15.9. The van der Waals surface area contributed by atoms with Crippen LogP contribution in [-0.4, -0.2) is 22.8 Å². The summed E-state index contributed by atoms with van der Waals surface area (Å²) in [5.74, 6) is -4.60. The number of carboxylic acids is 1. The number of hydrogen-bond donors (Lipinski definition) is 2. The van der Waals surface area contributed by atoms with Gasteiger partial charge in [0.15, 0.2) is 11.6 Å². The largest absolute Gasteiger partial charge is 0.481 e. The van der Waals surface area contributed by atoms with Gasteiger partial charge in [-0.2, -0.15) is 0 Å². The Balaban J connectivity index is 1.95. The van der Waals surface area contributed by atoms with E-state index in [1.54, 1.807) is 24.3 Å². The van der Waals surface area contributed by atoms with Crippen LogP contribution < -0.4 is 5.32 Å². The molecule has 1 fully saturated rings. The molecule has 30 heavy (non-hydrogen) atoms. The highest BCUT2D eigenvalue weighted by Crippen LogP contribution is 2.35. The molecule has 5 nitrogen and oxygen atoms in total. The van der Waals surface area contributed by atoms with Crippen LogP contribution in [0, 0.1) is 17.7 Å². The number of aliphatic carboxylic acids is 1. The summed E-state index contributed by atoms with van der Waals surface area (Å²) >= 11 is 9.10. The van der Waals surface area contributed by atoms with Crippen LogP contribution in [-0.2, 0) is 9.59 Å². The van der Waals surface area contributed by atoms with Gasteiger partial charge in [0, 0.05) is 10.4 Å². The van der Waals surface area contributed by atoms with Gasteiger partial charge in [-0.05, 0) is 42.7 Å². The highest BCUT2D eigenvalue weighted by Gasteiger charge is 2.39. The number of rotatable bonds is 6. The molecule has 0 spiro atoms. The Kier molecular flexibility index (Phi) is 7.26. The van der Waals surface area contributed by atoms with Gasteiger partial charge in [-0.3, -0.25) is 14.4 Å². The second-order valence-electron chi connectivity index (χ2n) is 7.30. The van der Waals surface area contributed by atoms with Gasteiger partial charge >= 0.3 is 5.97 Å². The Morgan fingerprint density at radius 3 is 2.33 bits per heavy atom. The molecule has 1 amide bonds. The number of amides is 1. The van der Waals surface area contributed by atoms with Crippen molar-refractivity contribution in [2.75, 3.05) is 0 Å². The van der Waals surface area contributed by atoms with Crippen LogP contribution in [0.1, 0.15) is 47.6 Å². The smallest absolute Gasteiger partial charge is 0.307 e. The molecule has 0 bridgehead atoms. The van der Waals surface area contributed by atoms with Crippen LogP contribution in [0.5, 0.6) is 0 Å². The van der Waals surface area contributed by atoms with Crippen molar-refractivity contribution in [3.05, 3.63) is 68.9 Å². The van der Waals surface area contributed by atoms with Gasteiger partial charge in [-0.1, -0.05) is 58.6 Å². The molecule has 2 aromatic carbocycles. The SMILES string of the molecule is O=C(NC(C(=O)C1CCCCC1C(=O)O)c1ccc(Br)cc1)c1cccc(Cl)c1F. The maximum absolute atomic E-state index is 14.3. The van der Waals surface area contributed by atoms with Crippen molar-refractivity contribution in [2.45, 2.75) is 31.7 Å². The van der Waals surface area contributed by atoms with Gasteiger partial charge in [-0.15, -0.1) is 0 Å². The van der Waals surface area contributed by atoms with Crippen LogP contribution >= 0.6 is 27.5 Å². The highest BCUT2D eigenvalue weighted by atomic mass is 79.9. The van der Waals surface area contributed by atoms with E-state index in [4.69, 9.17) is 11.6 Å². The molecular formula is C22H20BrClFNO4. The first kappa shape index (κ1) is 22.4. The molecule has 3 rings (SSSR count). The topological polar surface area (TPSA) is 83.5 Å². The number of nitrogens with one attached hydrogen (secondary N) is 1. The minimum Gasteiger partial charge on any atom is -0.481 e. The van der Waals surface area contributed by atoms with Gasteiger partial charge in [0.25, 0.3) is 5.91 Å². The number of hydrogen-bond acceptors (Lipinski definition) is 3. The molecule has 1 aliphatic carbocycles. The van der Waals surface area contributed by atoms with Crippen molar-refractivity contribution in [3.63, 3.8) is 0 Å². The molecule has 3 unspecified atom stereocenters. The maximum Gasteiger partial charge on any atom is 0.307 e. The Labute approximate surface area is 186 Å². The zero-order valence-corrected chi connectivity index (χ0v) is 18.2. The Morgan fingerprint density at radius 1 is 1.07 bits per heavy atom. The lowest BCUT2D eigenvalue weighted by Gasteiger charge is -2.31. The van der Waals surface area contributed by atoms with Crippen molar-refractivity contribution >= 4 is 45.2 Å². The van der Waals surface area contributed by atoms with Gasteiger partial charge in [0.2, 0.25) is 0 Å². The zero-order chi connectivity index (χ0) is 21.8. The lowest BCUT2D eigenvalue weighted by atomic mass is 9.74. The second kappa shape index (κ2) is 9.71. The van der Waals surface area contributed by atoms with Crippen molar-refractivity contribution < 1.29 is 23.9 Å². The third-order valence-corrected chi connectivity index (χ3v) is 6.23. The standard InChI is InChI=1S/C22H20BrClFNO4/c23-13-10-8-12(9-11-13)19(20(27)14-4-1-2-5-15(14)22(29)30)26-21(28)16-6-3-7-17(24)18(16)25/h3,6-11,14-15,19H,1-2,4-5H2,(H,26,28)(H,29,30). The molecule has 3 atom stereocenters. The van der Waals surface area contributed by atoms with E-state index in [2.05, 4.69) is 21.2 Å². The number of carboxylic acid groups (broad SMARTS) is 1. The van der Waals surface area contributed by atoms with E-state index in [1.165, 1.54) is 18.2 Å². The lowest BCUT2D eigenvalue weighted by molar-refractivity contribution is -0.148. The molecule has 0 aromatic heterocycles. The van der Waals surface area contributed by atoms with Crippen LogP contribution in [0.25, 0.3) is 0 Å². The number of carbonyl (C=O) groups excluding carboxylic acids is 2.